The highest BCUT2D eigenvalue weighted by molar-refractivity contribution is 6.08. The average molecular weight is 336 g/mol. The Morgan fingerprint density at radius 3 is 2.44 bits per heavy atom. The van der Waals surface area contributed by atoms with Crippen LogP contribution in [-0.2, 0) is 16.1 Å². The molecule has 1 saturated heterocycles. The SMILES string of the molecule is CCN1C(=O)CC(c2ccccc2C(=O)NCc2ccccc2)C1=O. The summed E-state index contributed by atoms with van der Waals surface area (Å²) in [5.41, 5.74) is 2.06. The zero-order valence-electron chi connectivity index (χ0n) is 14.1. The van der Waals surface area contributed by atoms with E-state index in [0.717, 1.165) is 5.56 Å². The van der Waals surface area contributed by atoms with Gasteiger partial charge in [0.25, 0.3) is 5.91 Å². The molecule has 0 aliphatic carbocycles. The van der Waals surface area contributed by atoms with Gasteiger partial charge in [-0.2, -0.15) is 0 Å². The van der Waals surface area contributed by atoms with E-state index in [9.17, 15) is 14.4 Å². The number of benzene rings is 2. The predicted octanol–water partition coefficient (Wildman–Crippen LogP) is 2.48. The van der Waals surface area contributed by atoms with Crippen molar-refractivity contribution in [3.05, 3.63) is 71.3 Å². The van der Waals surface area contributed by atoms with Crippen LogP contribution >= 0.6 is 0 Å². The van der Waals surface area contributed by atoms with Crippen molar-refractivity contribution >= 4 is 17.7 Å². The van der Waals surface area contributed by atoms with E-state index >= 15 is 0 Å². The fourth-order valence-corrected chi connectivity index (χ4v) is 3.14. The minimum atomic E-state index is -0.578. The van der Waals surface area contributed by atoms with Crippen LogP contribution in [0, 0.1) is 0 Å². The summed E-state index contributed by atoms with van der Waals surface area (Å²) in [5.74, 6) is -1.23. The van der Waals surface area contributed by atoms with Crippen molar-refractivity contribution in [2.45, 2.75) is 25.8 Å². The molecule has 1 N–H and O–H groups in total. The van der Waals surface area contributed by atoms with Gasteiger partial charge >= 0.3 is 0 Å². The molecule has 0 aromatic heterocycles. The van der Waals surface area contributed by atoms with E-state index in [1.165, 1.54) is 4.90 Å². The number of carbonyl (C=O) groups is 3. The summed E-state index contributed by atoms with van der Waals surface area (Å²) in [6.45, 7) is 2.54. The van der Waals surface area contributed by atoms with Gasteiger partial charge in [-0.25, -0.2) is 0 Å². The van der Waals surface area contributed by atoms with Crippen LogP contribution in [0.5, 0.6) is 0 Å². The lowest BCUT2D eigenvalue weighted by Gasteiger charge is -2.15. The molecule has 1 atom stereocenters. The van der Waals surface area contributed by atoms with Gasteiger partial charge in [0, 0.05) is 25.1 Å². The lowest BCUT2D eigenvalue weighted by molar-refractivity contribution is -0.138. The largest absolute Gasteiger partial charge is 0.348 e. The lowest BCUT2D eigenvalue weighted by atomic mass is 9.92. The van der Waals surface area contributed by atoms with Crippen molar-refractivity contribution in [3.8, 4) is 0 Å². The molecule has 0 bridgehead atoms. The van der Waals surface area contributed by atoms with E-state index in [1.54, 1.807) is 31.2 Å². The quantitative estimate of drug-likeness (QED) is 0.853. The first-order valence-corrected chi connectivity index (χ1v) is 8.37. The molecule has 2 aromatic carbocycles. The summed E-state index contributed by atoms with van der Waals surface area (Å²) in [7, 11) is 0. The Bertz CT molecular complexity index is 802. The summed E-state index contributed by atoms with van der Waals surface area (Å²) >= 11 is 0. The Kier molecular flexibility index (Phi) is 4.93. The highest BCUT2D eigenvalue weighted by atomic mass is 16.2. The van der Waals surface area contributed by atoms with Crippen LogP contribution in [0.4, 0.5) is 0 Å². The molecular weight excluding hydrogens is 316 g/mol. The first-order valence-electron chi connectivity index (χ1n) is 8.37. The Hall–Kier alpha value is -2.95. The summed E-state index contributed by atoms with van der Waals surface area (Å²) < 4.78 is 0. The maximum absolute atomic E-state index is 12.6. The zero-order valence-corrected chi connectivity index (χ0v) is 14.1. The number of hydrogen-bond acceptors (Lipinski definition) is 3. The summed E-state index contributed by atoms with van der Waals surface area (Å²) in [4.78, 5) is 38.3. The van der Waals surface area contributed by atoms with Gasteiger partial charge in [0.2, 0.25) is 11.8 Å². The fourth-order valence-electron chi connectivity index (χ4n) is 3.14. The minimum absolute atomic E-state index is 0.121. The Morgan fingerprint density at radius 1 is 1.08 bits per heavy atom. The molecule has 1 aliphatic heterocycles. The second kappa shape index (κ2) is 7.30. The van der Waals surface area contributed by atoms with Crippen molar-refractivity contribution < 1.29 is 14.4 Å². The Balaban J connectivity index is 1.80. The van der Waals surface area contributed by atoms with Crippen LogP contribution < -0.4 is 5.32 Å². The lowest BCUT2D eigenvalue weighted by Crippen LogP contribution is -2.30. The molecule has 0 spiro atoms. The number of rotatable bonds is 5. The van der Waals surface area contributed by atoms with Gasteiger partial charge in [-0.1, -0.05) is 48.5 Å². The molecule has 1 unspecified atom stereocenters. The molecule has 1 heterocycles. The second-order valence-corrected chi connectivity index (χ2v) is 5.99. The van der Waals surface area contributed by atoms with E-state index in [1.807, 2.05) is 30.3 Å². The van der Waals surface area contributed by atoms with Gasteiger partial charge in [-0.3, -0.25) is 19.3 Å². The number of likely N-dealkylation sites (tertiary alicyclic amines) is 1. The number of imide groups is 1. The van der Waals surface area contributed by atoms with E-state index < -0.39 is 5.92 Å². The minimum Gasteiger partial charge on any atom is -0.348 e. The highest BCUT2D eigenvalue weighted by Gasteiger charge is 2.39. The molecule has 128 valence electrons. The van der Waals surface area contributed by atoms with Crippen molar-refractivity contribution in [2.24, 2.45) is 0 Å². The molecule has 1 aliphatic rings. The summed E-state index contributed by atoms with van der Waals surface area (Å²) in [6, 6.07) is 16.6. The monoisotopic (exact) mass is 336 g/mol. The van der Waals surface area contributed by atoms with Gasteiger partial charge in [0.1, 0.15) is 0 Å². The van der Waals surface area contributed by atoms with Crippen molar-refractivity contribution in [1.29, 1.82) is 0 Å². The molecule has 0 saturated carbocycles. The van der Waals surface area contributed by atoms with Crippen LogP contribution in [-0.4, -0.2) is 29.2 Å². The average Bonchev–Trinajstić information content (AvgIpc) is 2.94. The molecule has 1 fully saturated rings. The van der Waals surface area contributed by atoms with Crippen LogP contribution in [0.25, 0.3) is 0 Å². The first kappa shape index (κ1) is 16.9. The van der Waals surface area contributed by atoms with E-state index in [2.05, 4.69) is 5.32 Å². The molecule has 3 rings (SSSR count). The molecule has 25 heavy (non-hydrogen) atoms. The van der Waals surface area contributed by atoms with Gasteiger partial charge in [-0.05, 0) is 24.1 Å². The normalized spacial score (nSPS) is 17.0. The molecule has 2 aromatic rings. The maximum Gasteiger partial charge on any atom is 0.251 e. The van der Waals surface area contributed by atoms with Gasteiger partial charge in [0.05, 0.1) is 5.92 Å². The number of hydrogen-bond donors (Lipinski definition) is 1. The number of carbonyl (C=O) groups excluding carboxylic acids is 3. The second-order valence-electron chi connectivity index (χ2n) is 5.99. The molecular formula is C20H20N2O3. The molecule has 5 heteroatoms. The predicted molar refractivity (Wildman–Crippen MR) is 93.8 cm³/mol. The van der Waals surface area contributed by atoms with Gasteiger partial charge < -0.3 is 5.32 Å². The molecule has 5 nitrogen and oxygen atoms in total. The third kappa shape index (κ3) is 3.45. The first-order chi connectivity index (χ1) is 12.1. The van der Waals surface area contributed by atoms with E-state index in [0.29, 0.717) is 24.2 Å². The van der Waals surface area contributed by atoms with Crippen LogP contribution in [0.1, 0.15) is 40.7 Å². The van der Waals surface area contributed by atoms with E-state index in [4.69, 9.17) is 0 Å². The fraction of sp³-hybridized carbons (Fsp3) is 0.250. The van der Waals surface area contributed by atoms with Gasteiger partial charge in [0.15, 0.2) is 0 Å². The molecule has 3 amide bonds. The number of nitrogens with zero attached hydrogens (tertiary/aromatic N) is 1. The smallest absolute Gasteiger partial charge is 0.251 e. The van der Waals surface area contributed by atoms with Crippen molar-refractivity contribution in [3.63, 3.8) is 0 Å². The highest BCUT2D eigenvalue weighted by Crippen LogP contribution is 2.31. The zero-order chi connectivity index (χ0) is 17.8. The number of nitrogens with one attached hydrogen (secondary N) is 1. The molecule has 0 radical (unpaired) electrons. The Labute approximate surface area is 146 Å². The summed E-state index contributed by atoms with van der Waals surface area (Å²) in [5, 5.41) is 2.88. The van der Waals surface area contributed by atoms with Crippen molar-refractivity contribution in [1.82, 2.24) is 10.2 Å². The van der Waals surface area contributed by atoms with Crippen molar-refractivity contribution in [2.75, 3.05) is 6.54 Å². The maximum atomic E-state index is 12.6. The number of amides is 3. The Morgan fingerprint density at radius 2 is 1.76 bits per heavy atom. The van der Waals surface area contributed by atoms with Crippen LogP contribution in [0.3, 0.4) is 0 Å². The van der Waals surface area contributed by atoms with E-state index in [-0.39, 0.29) is 24.1 Å². The third-order valence-corrected chi connectivity index (χ3v) is 4.44. The van der Waals surface area contributed by atoms with Crippen LogP contribution in [0.15, 0.2) is 54.6 Å². The summed E-state index contributed by atoms with van der Waals surface area (Å²) in [6.07, 6.45) is 0.121. The standard InChI is InChI=1S/C20H20N2O3/c1-2-22-18(23)12-17(20(22)25)15-10-6-7-11-16(15)19(24)21-13-14-8-4-3-5-9-14/h3-11,17H,2,12-13H2,1H3,(H,21,24). The third-order valence-electron chi connectivity index (χ3n) is 4.44. The number of likely N-dealkylation sites (N-methyl/N-ethyl adjacent to an activating group) is 1. The topological polar surface area (TPSA) is 66.5 Å². The van der Waals surface area contributed by atoms with Gasteiger partial charge in [-0.15, -0.1) is 0 Å². The van der Waals surface area contributed by atoms with Crippen LogP contribution in [0.2, 0.25) is 0 Å².